The van der Waals surface area contributed by atoms with E-state index in [1.165, 1.54) is 12.1 Å². The van der Waals surface area contributed by atoms with Crippen molar-refractivity contribution in [3.05, 3.63) is 35.6 Å². The molecule has 1 aliphatic carbocycles. The van der Waals surface area contributed by atoms with Crippen LogP contribution in [0.4, 0.5) is 4.39 Å². The molecule has 0 spiro atoms. The van der Waals surface area contributed by atoms with Gasteiger partial charge in [0.05, 0.1) is 0 Å². The van der Waals surface area contributed by atoms with Crippen LogP contribution in [-0.4, -0.2) is 35.8 Å². The van der Waals surface area contributed by atoms with Gasteiger partial charge in [-0.2, -0.15) is 0 Å². The Kier molecular flexibility index (Phi) is 5.37. The molecule has 2 aliphatic rings. The van der Waals surface area contributed by atoms with Crippen molar-refractivity contribution >= 4 is 11.8 Å². The molecule has 5 nitrogen and oxygen atoms in total. The minimum absolute atomic E-state index is 0.107. The molecule has 1 saturated carbocycles. The maximum absolute atomic E-state index is 13.1. The Labute approximate surface area is 147 Å². The molecular weight excluding hydrogens is 321 g/mol. The van der Waals surface area contributed by atoms with Crippen molar-refractivity contribution in [1.29, 1.82) is 0 Å². The fourth-order valence-electron chi connectivity index (χ4n) is 3.67. The maximum Gasteiger partial charge on any atom is 0.239 e. The van der Waals surface area contributed by atoms with Crippen molar-refractivity contribution in [3.63, 3.8) is 0 Å². The van der Waals surface area contributed by atoms with Crippen LogP contribution < -0.4 is 11.1 Å². The second kappa shape index (κ2) is 7.52. The maximum atomic E-state index is 13.1. The Balaban J connectivity index is 1.68. The highest BCUT2D eigenvalue weighted by molar-refractivity contribution is 5.82. The highest BCUT2D eigenvalue weighted by Gasteiger charge is 2.38. The van der Waals surface area contributed by atoms with E-state index in [9.17, 15) is 14.0 Å². The molecule has 6 heteroatoms. The van der Waals surface area contributed by atoms with E-state index in [1.54, 1.807) is 12.1 Å². The number of hydrogen-bond donors (Lipinski definition) is 2. The highest BCUT2D eigenvalue weighted by atomic mass is 19.1. The summed E-state index contributed by atoms with van der Waals surface area (Å²) in [6.45, 7) is 3.53. The van der Waals surface area contributed by atoms with Crippen LogP contribution in [0.3, 0.4) is 0 Å². The summed E-state index contributed by atoms with van der Waals surface area (Å²) in [4.78, 5) is 26.2. The first-order valence-electron chi connectivity index (χ1n) is 9.09. The molecule has 136 valence electrons. The zero-order chi connectivity index (χ0) is 18.0. The summed E-state index contributed by atoms with van der Waals surface area (Å²) in [5.74, 6) is -0.0246. The minimum Gasteiger partial charge on any atom is -0.368 e. The van der Waals surface area contributed by atoms with Gasteiger partial charge in [-0.05, 0) is 42.9 Å². The van der Waals surface area contributed by atoms with Gasteiger partial charge in [-0.15, -0.1) is 0 Å². The van der Waals surface area contributed by atoms with Crippen LogP contribution >= 0.6 is 0 Å². The largest absolute Gasteiger partial charge is 0.368 e. The zero-order valence-electron chi connectivity index (χ0n) is 14.6. The lowest BCUT2D eigenvalue weighted by atomic mass is 9.88. The van der Waals surface area contributed by atoms with E-state index >= 15 is 0 Å². The Morgan fingerprint density at radius 1 is 1.28 bits per heavy atom. The Morgan fingerprint density at radius 3 is 2.52 bits per heavy atom. The summed E-state index contributed by atoms with van der Waals surface area (Å²) in [5, 5.41) is 3.36. The lowest BCUT2D eigenvalue weighted by Gasteiger charge is -2.40. The third-order valence-corrected chi connectivity index (χ3v) is 5.37. The first-order chi connectivity index (χ1) is 12.0. The average Bonchev–Trinajstić information content (AvgIpc) is 3.45. The molecule has 0 aromatic heterocycles. The summed E-state index contributed by atoms with van der Waals surface area (Å²) in [5.41, 5.74) is 6.24. The number of nitrogens with one attached hydrogen (secondary N) is 1. The number of carbonyl (C=O) groups excluding carboxylic acids is 2. The summed E-state index contributed by atoms with van der Waals surface area (Å²) < 4.78 is 13.1. The highest BCUT2D eigenvalue weighted by Crippen LogP contribution is 2.33. The van der Waals surface area contributed by atoms with Gasteiger partial charge in [0.2, 0.25) is 11.8 Å². The van der Waals surface area contributed by atoms with Crippen LogP contribution in [-0.2, 0) is 9.59 Å². The summed E-state index contributed by atoms with van der Waals surface area (Å²) in [6, 6.07) is 5.30. The van der Waals surface area contributed by atoms with E-state index in [4.69, 9.17) is 5.73 Å². The van der Waals surface area contributed by atoms with E-state index in [0.717, 1.165) is 32.2 Å². The number of benzene rings is 1. The molecule has 2 fully saturated rings. The Bertz CT molecular complexity index is 630. The zero-order valence-corrected chi connectivity index (χ0v) is 14.6. The van der Waals surface area contributed by atoms with Gasteiger partial charge in [0.15, 0.2) is 0 Å². The van der Waals surface area contributed by atoms with E-state index in [2.05, 4.69) is 12.2 Å². The fourth-order valence-corrected chi connectivity index (χ4v) is 3.67. The number of halogens is 1. The van der Waals surface area contributed by atoms with Crippen molar-refractivity contribution < 1.29 is 14.0 Å². The number of amides is 2. The molecule has 3 atom stereocenters. The van der Waals surface area contributed by atoms with Gasteiger partial charge in [0.1, 0.15) is 11.9 Å². The second-order valence-corrected chi connectivity index (χ2v) is 7.18. The van der Waals surface area contributed by atoms with Crippen LogP contribution in [0, 0.1) is 17.7 Å². The molecular formula is C19H26FN3O2. The van der Waals surface area contributed by atoms with Gasteiger partial charge >= 0.3 is 0 Å². The molecule has 3 rings (SSSR count). The van der Waals surface area contributed by atoms with E-state index in [-0.39, 0.29) is 29.6 Å². The molecule has 1 aromatic carbocycles. The Morgan fingerprint density at radius 2 is 1.96 bits per heavy atom. The van der Waals surface area contributed by atoms with Gasteiger partial charge in [0, 0.05) is 25.0 Å². The third kappa shape index (κ3) is 4.18. The molecule has 1 saturated heterocycles. The normalized spacial score (nSPS) is 24.8. The average molecular weight is 347 g/mol. The number of carbonyl (C=O) groups is 2. The van der Waals surface area contributed by atoms with E-state index in [1.807, 2.05) is 4.90 Å². The molecule has 2 amide bonds. The summed E-state index contributed by atoms with van der Waals surface area (Å²) in [6.07, 6.45) is 3.74. The molecule has 3 N–H and O–H groups in total. The van der Waals surface area contributed by atoms with Crippen molar-refractivity contribution in [1.82, 2.24) is 10.2 Å². The van der Waals surface area contributed by atoms with Crippen molar-refractivity contribution in [2.45, 2.75) is 44.7 Å². The van der Waals surface area contributed by atoms with Gasteiger partial charge in [0.25, 0.3) is 0 Å². The molecule has 3 unspecified atom stereocenters. The molecule has 1 heterocycles. The van der Waals surface area contributed by atoms with Crippen molar-refractivity contribution in [2.75, 3.05) is 13.1 Å². The lowest BCUT2D eigenvalue weighted by molar-refractivity contribution is -0.135. The third-order valence-electron chi connectivity index (χ3n) is 5.37. The van der Waals surface area contributed by atoms with Gasteiger partial charge in [-0.25, -0.2) is 4.39 Å². The van der Waals surface area contributed by atoms with Crippen LogP contribution in [0.2, 0.25) is 0 Å². The number of primary amides is 1. The van der Waals surface area contributed by atoms with E-state index in [0.29, 0.717) is 12.1 Å². The molecule has 0 bridgehead atoms. The van der Waals surface area contributed by atoms with E-state index < -0.39 is 11.9 Å². The minimum atomic E-state index is -0.648. The predicted octanol–water partition coefficient (Wildman–Crippen LogP) is 1.98. The molecule has 25 heavy (non-hydrogen) atoms. The number of likely N-dealkylation sites (tertiary alicyclic amines) is 1. The number of hydrogen-bond acceptors (Lipinski definition) is 3. The van der Waals surface area contributed by atoms with Crippen molar-refractivity contribution in [3.8, 4) is 0 Å². The van der Waals surface area contributed by atoms with Crippen LogP contribution in [0.5, 0.6) is 0 Å². The first kappa shape index (κ1) is 17.9. The quantitative estimate of drug-likeness (QED) is 0.826. The molecule has 1 aromatic rings. The SMILES string of the molecule is CCC1CN(C(=O)C2CC2)CCC1NC(C(N)=O)c1ccc(F)cc1. The van der Waals surface area contributed by atoms with Crippen LogP contribution in [0.1, 0.15) is 44.2 Å². The van der Waals surface area contributed by atoms with Gasteiger partial charge < -0.3 is 10.6 Å². The van der Waals surface area contributed by atoms with Crippen LogP contribution in [0.15, 0.2) is 24.3 Å². The van der Waals surface area contributed by atoms with Gasteiger partial charge in [-0.3, -0.25) is 14.9 Å². The smallest absolute Gasteiger partial charge is 0.239 e. The molecule has 0 radical (unpaired) electrons. The lowest BCUT2D eigenvalue weighted by Crippen LogP contribution is -2.53. The number of nitrogens with zero attached hydrogens (tertiary/aromatic N) is 1. The summed E-state index contributed by atoms with van der Waals surface area (Å²) in [7, 11) is 0. The standard InChI is InChI=1S/C19H26FN3O2/c1-2-12-11-23(19(25)14-3-4-14)10-9-16(12)22-17(18(21)24)13-5-7-15(20)8-6-13/h5-8,12,14,16-17,22H,2-4,9-11H2,1H3,(H2,21,24). The first-order valence-corrected chi connectivity index (χ1v) is 9.09. The van der Waals surface area contributed by atoms with Crippen molar-refractivity contribution in [2.24, 2.45) is 17.6 Å². The monoisotopic (exact) mass is 347 g/mol. The number of nitrogens with two attached hydrogens (primary N) is 1. The second-order valence-electron chi connectivity index (χ2n) is 7.18. The number of piperidine rings is 1. The predicted molar refractivity (Wildman–Crippen MR) is 93.0 cm³/mol. The number of rotatable bonds is 6. The van der Waals surface area contributed by atoms with Crippen LogP contribution in [0.25, 0.3) is 0 Å². The van der Waals surface area contributed by atoms with Gasteiger partial charge in [-0.1, -0.05) is 25.5 Å². The Hall–Kier alpha value is -1.95. The topological polar surface area (TPSA) is 75.4 Å². The summed E-state index contributed by atoms with van der Waals surface area (Å²) >= 11 is 0. The fraction of sp³-hybridized carbons (Fsp3) is 0.579. The molecule has 1 aliphatic heterocycles.